The molecule has 2 heteroatoms. The average Bonchev–Trinajstić information content (AvgIpc) is 3.01. The van der Waals surface area contributed by atoms with Crippen LogP contribution >= 0.6 is 0 Å². The summed E-state index contributed by atoms with van der Waals surface area (Å²) < 4.78 is 5.42. The van der Waals surface area contributed by atoms with Gasteiger partial charge in [0.05, 0.1) is 6.61 Å². The standard InChI is InChI=1S/C41H74O2/c1-3-5-7-9-11-13-15-17-19-21-22-24-26-28-30-32-34-36-38-40-43-41(42)39-37-35-33-31-29-27-25-23-20-18-16-14-12-10-8-6-4-2/h12,14,18,20,25,27,31,33H,3-11,13,15-17,19,21-24,26,28-30,32,34-40H2,1-2H3/b14-12-,20-18-,27-25-,33-31-. The highest BCUT2D eigenvalue weighted by atomic mass is 16.5. The molecule has 0 bridgehead atoms. The molecular formula is C41H74O2. The molecular weight excluding hydrogens is 524 g/mol. The van der Waals surface area contributed by atoms with Crippen molar-refractivity contribution < 1.29 is 9.53 Å². The van der Waals surface area contributed by atoms with E-state index < -0.39 is 0 Å². The maximum Gasteiger partial charge on any atom is 0.305 e. The number of unbranched alkanes of at least 4 members (excludes halogenated alkanes) is 22. The Morgan fingerprint density at radius 2 is 0.721 bits per heavy atom. The molecule has 0 aliphatic rings. The summed E-state index contributed by atoms with van der Waals surface area (Å²) in [7, 11) is 0. The quantitative estimate of drug-likeness (QED) is 0.0418. The molecule has 0 heterocycles. The fourth-order valence-corrected chi connectivity index (χ4v) is 5.36. The molecule has 0 fully saturated rings. The van der Waals surface area contributed by atoms with E-state index in [1.807, 2.05) is 0 Å². The van der Waals surface area contributed by atoms with Gasteiger partial charge in [0.2, 0.25) is 0 Å². The lowest BCUT2D eigenvalue weighted by atomic mass is 10.0. The van der Waals surface area contributed by atoms with E-state index in [0.717, 1.165) is 38.5 Å². The summed E-state index contributed by atoms with van der Waals surface area (Å²) in [6.07, 6.45) is 54.7. The molecule has 250 valence electrons. The van der Waals surface area contributed by atoms with Gasteiger partial charge >= 0.3 is 5.97 Å². The Kier molecular flexibility index (Phi) is 37.1. The van der Waals surface area contributed by atoms with E-state index in [1.165, 1.54) is 141 Å². The van der Waals surface area contributed by atoms with Crippen molar-refractivity contribution >= 4 is 5.97 Å². The van der Waals surface area contributed by atoms with Crippen molar-refractivity contribution in [3.8, 4) is 0 Å². The third kappa shape index (κ3) is 38.4. The Bertz CT molecular complexity index is 657. The number of hydrogen-bond acceptors (Lipinski definition) is 2. The third-order valence-corrected chi connectivity index (χ3v) is 8.22. The summed E-state index contributed by atoms with van der Waals surface area (Å²) in [6.45, 7) is 5.14. The lowest BCUT2D eigenvalue weighted by Crippen LogP contribution is -2.05. The minimum Gasteiger partial charge on any atom is -0.466 e. The van der Waals surface area contributed by atoms with E-state index in [0.29, 0.717) is 13.0 Å². The number of hydrogen-bond donors (Lipinski definition) is 0. The van der Waals surface area contributed by atoms with Crippen LogP contribution in [-0.4, -0.2) is 12.6 Å². The van der Waals surface area contributed by atoms with E-state index in [4.69, 9.17) is 4.74 Å². The summed E-state index contributed by atoms with van der Waals surface area (Å²) in [5.41, 5.74) is 0. The Morgan fingerprint density at radius 3 is 1.14 bits per heavy atom. The van der Waals surface area contributed by atoms with E-state index in [1.54, 1.807) is 0 Å². The van der Waals surface area contributed by atoms with E-state index in [2.05, 4.69) is 62.5 Å². The lowest BCUT2D eigenvalue weighted by Gasteiger charge is -2.05. The van der Waals surface area contributed by atoms with Gasteiger partial charge in [-0.05, 0) is 51.4 Å². The largest absolute Gasteiger partial charge is 0.466 e. The molecule has 0 radical (unpaired) electrons. The second-order valence-corrected chi connectivity index (χ2v) is 12.6. The molecule has 0 aromatic heterocycles. The Morgan fingerprint density at radius 1 is 0.395 bits per heavy atom. The monoisotopic (exact) mass is 599 g/mol. The summed E-state index contributed by atoms with van der Waals surface area (Å²) in [4.78, 5) is 11.9. The van der Waals surface area contributed by atoms with Gasteiger partial charge in [0.25, 0.3) is 0 Å². The summed E-state index contributed by atoms with van der Waals surface area (Å²) >= 11 is 0. The highest BCUT2D eigenvalue weighted by Gasteiger charge is 2.01. The smallest absolute Gasteiger partial charge is 0.305 e. The number of carbonyl (C=O) groups excluding carboxylic acids is 1. The molecule has 0 aliphatic carbocycles. The van der Waals surface area contributed by atoms with Crippen LogP contribution in [0.4, 0.5) is 0 Å². The number of ether oxygens (including phenoxy) is 1. The van der Waals surface area contributed by atoms with Gasteiger partial charge in [-0.1, -0.05) is 191 Å². The number of rotatable bonds is 34. The maximum atomic E-state index is 11.9. The van der Waals surface area contributed by atoms with Crippen molar-refractivity contribution in [2.24, 2.45) is 0 Å². The van der Waals surface area contributed by atoms with Gasteiger partial charge in [-0.3, -0.25) is 4.79 Å². The van der Waals surface area contributed by atoms with Crippen LogP contribution in [0.5, 0.6) is 0 Å². The predicted molar refractivity (Wildman–Crippen MR) is 193 cm³/mol. The summed E-state index contributed by atoms with van der Waals surface area (Å²) in [6, 6.07) is 0. The van der Waals surface area contributed by atoms with Crippen molar-refractivity contribution in [1.82, 2.24) is 0 Å². The van der Waals surface area contributed by atoms with Crippen LogP contribution in [0, 0.1) is 0 Å². The molecule has 0 unspecified atom stereocenters. The van der Waals surface area contributed by atoms with E-state index in [-0.39, 0.29) is 5.97 Å². The van der Waals surface area contributed by atoms with Gasteiger partial charge in [0.1, 0.15) is 0 Å². The minimum absolute atomic E-state index is 0.0294. The van der Waals surface area contributed by atoms with Crippen molar-refractivity contribution in [3.63, 3.8) is 0 Å². The highest BCUT2D eigenvalue weighted by Crippen LogP contribution is 2.14. The van der Waals surface area contributed by atoms with E-state index in [9.17, 15) is 4.79 Å². The zero-order valence-electron chi connectivity index (χ0n) is 29.1. The first-order chi connectivity index (χ1) is 21.3. The second-order valence-electron chi connectivity index (χ2n) is 12.6. The number of allylic oxidation sites excluding steroid dienone is 8. The molecule has 0 rings (SSSR count). The molecule has 0 spiro atoms. The SMILES string of the molecule is CCCCC/C=C\C/C=C\C/C=C\C/C=C\CCCC(=O)OCCCCCCCCCCCCCCCCCCCCC. The number of esters is 1. The normalized spacial score (nSPS) is 12.1. The Labute approximate surface area is 270 Å². The van der Waals surface area contributed by atoms with Crippen LogP contribution in [0.2, 0.25) is 0 Å². The lowest BCUT2D eigenvalue weighted by molar-refractivity contribution is -0.143. The second kappa shape index (κ2) is 38.5. The summed E-state index contributed by atoms with van der Waals surface area (Å²) in [5.74, 6) is -0.0294. The molecule has 2 nitrogen and oxygen atoms in total. The van der Waals surface area contributed by atoms with Gasteiger partial charge in [-0.2, -0.15) is 0 Å². The molecule has 0 saturated heterocycles. The number of carbonyl (C=O) groups is 1. The first kappa shape index (κ1) is 41.4. The van der Waals surface area contributed by atoms with Gasteiger partial charge in [-0.15, -0.1) is 0 Å². The van der Waals surface area contributed by atoms with Crippen LogP contribution in [-0.2, 0) is 9.53 Å². The molecule has 0 aromatic rings. The van der Waals surface area contributed by atoms with Crippen LogP contribution in [0.25, 0.3) is 0 Å². The average molecular weight is 599 g/mol. The third-order valence-electron chi connectivity index (χ3n) is 8.22. The van der Waals surface area contributed by atoms with Gasteiger partial charge in [-0.25, -0.2) is 0 Å². The zero-order valence-corrected chi connectivity index (χ0v) is 29.1. The minimum atomic E-state index is -0.0294. The molecule has 0 aromatic carbocycles. The zero-order chi connectivity index (χ0) is 31.2. The Balaban J connectivity index is 3.30. The van der Waals surface area contributed by atoms with Crippen molar-refractivity contribution in [3.05, 3.63) is 48.6 Å². The summed E-state index contributed by atoms with van der Waals surface area (Å²) in [5, 5.41) is 0. The first-order valence-electron chi connectivity index (χ1n) is 19.1. The first-order valence-corrected chi connectivity index (χ1v) is 19.1. The predicted octanol–water partition coefficient (Wildman–Crippen LogP) is 14.1. The molecule has 0 aliphatic heterocycles. The highest BCUT2D eigenvalue weighted by molar-refractivity contribution is 5.69. The van der Waals surface area contributed by atoms with Crippen LogP contribution in [0.1, 0.15) is 200 Å². The Hall–Kier alpha value is -1.57. The molecule has 0 atom stereocenters. The van der Waals surface area contributed by atoms with Gasteiger partial charge in [0, 0.05) is 6.42 Å². The molecule has 0 amide bonds. The fourth-order valence-electron chi connectivity index (χ4n) is 5.36. The van der Waals surface area contributed by atoms with Crippen molar-refractivity contribution in [2.75, 3.05) is 6.61 Å². The topological polar surface area (TPSA) is 26.3 Å². The van der Waals surface area contributed by atoms with Crippen LogP contribution < -0.4 is 0 Å². The van der Waals surface area contributed by atoms with Crippen LogP contribution in [0.15, 0.2) is 48.6 Å². The van der Waals surface area contributed by atoms with Crippen LogP contribution in [0.3, 0.4) is 0 Å². The molecule has 0 N–H and O–H groups in total. The van der Waals surface area contributed by atoms with E-state index >= 15 is 0 Å². The van der Waals surface area contributed by atoms with Crippen molar-refractivity contribution in [1.29, 1.82) is 0 Å². The fraction of sp³-hybridized carbons (Fsp3) is 0.780. The van der Waals surface area contributed by atoms with Gasteiger partial charge in [0.15, 0.2) is 0 Å². The molecule has 0 saturated carbocycles. The molecule has 43 heavy (non-hydrogen) atoms. The van der Waals surface area contributed by atoms with Gasteiger partial charge < -0.3 is 4.74 Å². The van der Waals surface area contributed by atoms with Crippen molar-refractivity contribution in [2.45, 2.75) is 200 Å². The maximum absolute atomic E-state index is 11.9.